The van der Waals surface area contributed by atoms with Gasteiger partial charge in [0, 0.05) is 35.2 Å². The highest BCUT2D eigenvalue weighted by atomic mass is 32.1. The van der Waals surface area contributed by atoms with Crippen LogP contribution in [0, 0.1) is 12.8 Å². The molecule has 1 aromatic rings. The Bertz CT molecular complexity index is 464. The lowest BCUT2D eigenvalue weighted by Crippen LogP contribution is -2.67. The summed E-state index contributed by atoms with van der Waals surface area (Å²) in [6.07, 6.45) is 2.79. The molecule has 2 aliphatic rings. The second-order valence-electron chi connectivity index (χ2n) is 7.10. The molecule has 106 valence electrons. The maximum absolute atomic E-state index is 4.64. The van der Waals surface area contributed by atoms with Gasteiger partial charge in [-0.2, -0.15) is 0 Å². The Morgan fingerprint density at radius 1 is 1.42 bits per heavy atom. The first-order valence-corrected chi connectivity index (χ1v) is 8.18. The molecule has 0 bridgehead atoms. The van der Waals surface area contributed by atoms with E-state index < -0.39 is 0 Å². The summed E-state index contributed by atoms with van der Waals surface area (Å²) in [5.74, 6) is 0.879. The van der Waals surface area contributed by atoms with Crippen LogP contribution in [0.1, 0.15) is 44.3 Å². The van der Waals surface area contributed by atoms with Crippen molar-refractivity contribution in [3.8, 4) is 0 Å². The Morgan fingerprint density at radius 3 is 2.74 bits per heavy atom. The van der Waals surface area contributed by atoms with Crippen LogP contribution < -0.4 is 5.32 Å². The molecule has 1 aliphatic carbocycles. The molecular weight excluding hydrogens is 254 g/mol. The molecule has 0 aromatic carbocycles. The Kier molecular flexibility index (Phi) is 3.23. The zero-order valence-corrected chi connectivity index (χ0v) is 13.3. The minimum atomic E-state index is 0.216. The minimum Gasteiger partial charge on any atom is -0.308 e. The summed E-state index contributed by atoms with van der Waals surface area (Å²) in [5, 5.41) is 7.22. The number of aromatic nitrogens is 1. The zero-order valence-electron chi connectivity index (χ0n) is 12.5. The van der Waals surface area contributed by atoms with Gasteiger partial charge in [-0.05, 0) is 46.5 Å². The predicted octanol–water partition coefficient (Wildman–Crippen LogP) is 2.80. The van der Waals surface area contributed by atoms with Crippen LogP contribution in [0.25, 0.3) is 0 Å². The van der Waals surface area contributed by atoms with Crippen molar-refractivity contribution in [3.05, 3.63) is 16.1 Å². The number of thiazole rings is 1. The summed E-state index contributed by atoms with van der Waals surface area (Å²) in [6, 6.07) is 0. The highest BCUT2D eigenvalue weighted by molar-refractivity contribution is 7.09. The first-order valence-electron chi connectivity index (χ1n) is 7.30. The standard InChI is InChI=1S/C15H25N3S/c1-11-8-19-13(17-11)7-18-10-15(4,12-5-6-12)16-9-14(18,2)3/h8,12,16H,5-7,9-10H2,1-4H3. The van der Waals surface area contributed by atoms with Gasteiger partial charge < -0.3 is 5.32 Å². The summed E-state index contributed by atoms with van der Waals surface area (Å²) in [4.78, 5) is 7.26. The molecule has 1 aromatic heterocycles. The fraction of sp³-hybridized carbons (Fsp3) is 0.800. The highest BCUT2D eigenvalue weighted by Gasteiger charge is 2.48. The van der Waals surface area contributed by atoms with Crippen molar-refractivity contribution >= 4 is 11.3 Å². The van der Waals surface area contributed by atoms with Crippen LogP contribution in [0.5, 0.6) is 0 Å². The lowest BCUT2D eigenvalue weighted by atomic mass is 9.86. The van der Waals surface area contributed by atoms with Gasteiger partial charge in [-0.1, -0.05) is 0 Å². The van der Waals surface area contributed by atoms with Gasteiger partial charge in [0.2, 0.25) is 0 Å². The smallest absolute Gasteiger partial charge is 0.107 e. The first-order chi connectivity index (χ1) is 8.89. The van der Waals surface area contributed by atoms with Crippen molar-refractivity contribution in [2.75, 3.05) is 13.1 Å². The molecule has 1 saturated heterocycles. The van der Waals surface area contributed by atoms with Crippen molar-refractivity contribution < 1.29 is 0 Å². The van der Waals surface area contributed by atoms with Gasteiger partial charge in [0.05, 0.1) is 6.54 Å². The lowest BCUT2D eigenvalue weighted by molar-refractivity contribution is 0.0177. The van der Waals surface area contributed by atoms with Gasteiger partial charge in [-0.3, -0.25) is 4.90 Å². The number of aryl methyl sites for hydroxylation is 1. The molecule has 0 amide bonds. The third-order valence-electron chi connectivity index (χ3n) is 4.77. The van der Waals surface area contributed by atoms with Crippen molar-refractivity contribution in [2.24, 2.45) is 5.92 Å². The number of nitrogens with zero attached hydrogens (tertiary/aromatic N) is 2. The number of piperazine rings is 1. The largest absolute Gasteiger partial charge is 0.308 e. The van der Waals surface area contributed by atoms with E-state index in [0.717, 1.165) is 31.2 Å². The van der Waals surface area contributed by atoms with Crippen LogP contribution in [-0.4, -0.2) is 34.1 Å². The summed E-state index contributed by atoms with van der Waals surface area (Å²) in [7, 11) is 0. The van der Waals surface area contributed by atoms with Gasteiger partial charge >= 0.3 is 0 Å². The number of hydrogen-bond acceptors (Lipinski definition) is 4. The molecule has 1 N–H and O–H groups in total. The maximum atomic E-state index is 4.64. The minimum absolute atomic E-state index is 0.216. The molecule has 0 radical (unpaired) electrons. The van der Waals surface area contributed by atoms with E-state index in [1.54, 1.807) is 11.3 Å². The van der Waals surface area contributed by atoms with E-state index in [-0.39, 0.29) is 5.54 Å². The second-order valence-corrected chi connectivity index (χ2v) is 8.04. The molecule has 4 heteroatoms. The molecule has 19 heavy (non-hydrogen) atoms. The number of rotatable bonds is 3. The van der Waals surface area contributed by atoms with E-state index in [1.807, 2.05) is 0 Å². The van der Waals surface area contributed by atoms with E-state index in [0.29, 0.717) is 5.54 Å². The monoisotopic (exact) mass is 279 g/mol. The van der Waals surface area contributed by atoms with Crippen LogP contribution in [0.4, 0.5) is 0 Å². The molecule has 1 atom stereocenters. The molecule has 3 rings (SSSR count). The Balaban J connectivity index is 1.75. The fourth-order valence-corrected chi connectivity index (χ4v) is 3.89. The lowest BCUT2D eigenvalue weighted by Gasteiger charge is -2.51. The highest BCUT2D eigenvalue weighted by Crippen LogP contribution is 2.42. The molecule has 2 heterocycles. The third-order valence-corrected chi connectivity index (χ3v) is 5.72. The van der Waals surface area contributed by atoms with E-state index >= 15 is 0 Å². The van der Waals surface area contributed by atoms with Crippen LogP contribution in [0.3, 0.4) is 0 Å². The number of hydrogen-bond donors (Lipinski definition) is 1. The third kappa shape index (κ3) is 2.71. The summed E-state index contributed by atoms with van der Waals surface area (Å²) in [5.41, 5.74) is 1.67. The van der Waals surface area contributed by atoms with E-state index in [2.05, 4.69) is 48.3 Å². The van der Waals surface area contributed by atoms with Crippen molar-refractivity contribution in [3.63, 3.8) is 0 Å². The van der Waals surface area contributed by atoms with E-state index in [9.17, 15) is 0 Å². The summed E-state index contributed by atoms with van der Waals surface area (Å²) in [6.45, 7) is 12.4. The zero-order chi connectivity index (χ0) is 13.7. The fourth-order valence-electron chi connectivity index (χ4n) is 3.10. The Hall–Kier alpha value is -0.450. The van der Waals surface area contributed by atoms with Crippen LogP contribution in [0.15, 0.2) is 5.38 Å². The quantitative estimate of drug-likeness (QED) is 0.922. The maximum Gasteiger partial charge on any atom is 0.107 e. The van der Waals surface area contributed by atoms with Gasteiger partial charge in [0.25, 0.3) is 0 Å². The number of nitrogens with one attached hydrogen (secondary N) is 1. The normalized spacial score (nSPS) is 31.6. The van der Waals surface area contributed by atoms with E-state index in [4.69, 9.17) is 0 Å². The first kappa shape index (κ1) is 13.5. The SMILES string of the molecule is Cc1csc(CN2CC(C)(C3CC3)NCC2(C)C)n1. The molecule has 1 aliphatic heterocycles. The topological polar surface area (TPSA) is 28.2 Å². The van der Waals surface area contributed by atoms with Crippen LogP contribution >= 0.6 is 11.3 Å². The average Bonchev–Trinajstić information content (AvgIpc) is 3.11. The molecule has 3 nitrogen and oxygen atoms in total. The van der Waals surface area contributed by atoms with Crippen molar-refractivity contribution in [1.82, 2.24) is 15.2 Å². The Labute approximate surface area is 120 Å². The molecule has 0 spiro atoms. The van der Waals surface area contributed by atoms with Crippen molar-refractivity contribution in [2.45, 2.75) is 58.2 Å². The van der Waals surface area contributed by atoms with Gasteiger partial charge in [-0.25, -0.2) is 4.98 Å². The average molecular weight is 279 g/mol. The molecule has 2 fully saturated rings. The van der Waals surface area contributed by atoms with Crippen molar-refractivity contribution in [1.29, 1.82) is 0 Å². The predicted molar refractivity (Wildman–Crippen MR) is 80.5 cm³/mol. The molecular formula is C15H25N3S. The van der Waals surface area contributed by atoms with Gasteiger partial charge in [0.15, 0.2) is 0 Å². The van der Waals surface area contributed by atoms with Gasteiger partial charge in [0.1, 0.15) is 5.01 Å². The summed E-state index contributed by atoms with van der Waals surface area (Å²) < 4.78 is 0. The van der Waals surface area contributed by atoms with Gasteiger partial charge in [-0.15, -0.1) is 11.3 Å². The Morgan fingerprint density at radius 2 is 2.16 bits per heavy atom. The summed E-state index contributed by atoms with van der Waals surface area (Å²) >= 11 is 1.79. The van der Waals surface area contributed by atoms with Crippen LogP contribution in [0.2, 0.25) is 0 Å². The van der Waals surface area contributed by atoms with Crippen LogP contribution in [-0.2, 0) is 6.54 Å². The molecule has 1 unspecified atom stereocenters. The second kappa shape index (κ2) is 4.54. The van der Waals surface area contributed by atoms with E-state index in [1.165, 1.54) is 17.8 Å². The molecule has 1 saturated carbocycles.